The van der Waals surface area contributed by atoms with Crippen LogP contribution in [0.3, 0.4) is 0 Å². The molecule has 15 aliphatic rings. The number of carbonyl (C=O) groups excluding carboxylic acids is 10. The maximum absolute atomic E-state index is 13.2. The average Bonchev–Trinajstić information content (AvgIpc) is 1.52. The summed E-state index contributed by atoms with van der Waals surface area (Å²) in [5.74, 6) is 3.21. The molecular formula is C115H140N4O15. The second kappa shape index (κ2) is 35.9. The van der Waals surface area contributed by atoms with Gasteiger partial charge in [-0.3, -0.25) is 47.9 Å². The van der Waals surface area contributed by atoms with Crippen LogP contribution in [0.5, 0.6) is 5.75 Å². The van der Waals surface area contributed by atoms with E-state index in [1.165, 1.54) is 104 Å². The fraction of sp³-hybridized carbons (Fsp3) is 0.548. The number of carbonyl (C=O) groups is 10. The average molecular weight is 1820 g/mol. The molecule has 0 bridgehead atoms. The number of benzene rings is 5. The van der Waals surface area contributed by atoms with Gasteiger partial charge in [0.1, 0.15) is 11.4 Å². The molecule has 0 spiro atoms. The minimum atomic E-state index is -1.24. The molecule has 710 valence electrons. The topological polar surface area (TPSA) is 283 Å². The molecular weight excluding hydrogens is 1680 g/mol. The summed E-state index contributed by atoms with van der Waals surface area (Å²) in [4.78, 5) is 130. The highest BCUT2D eigenvalue weighted by Crippen LogP contribution is 2.74. The molecule has 19 heteroatoms. The predicted molar refractivity (Wildman–Crippen MR) is 521 cm³/mol. The van der Waals surface area contributed by atoms with Crippen LogP contribution in [0.15, 0.2) is 184 Å². The minimum Gasteiger partial charge on any atom is -0.508 e. The summed E-state index contributed by atoms with van der Waals surface area (Å²) in [6.07, 6.45) is 26.4. The Morgan fingerprint density at radius 2 is 0.754 bits per heavy atom. The van der Waals surface area contributed by atoms with Crippen LogP contribution in [0.25, 0.3) is 0 Å². The first-order valence-corrected chi connectivity index (χ1v) is 49.8. The van der Waals surface area contributed by atoms with Crippen molar-refractivity contribution in [3.05, 3.63) is 217 Å². The summed E-state index contributed by atoms with van der Waals surface area (Å²) in [7, 11) is 10.1. The number of anilines is 4. The molecule has 8 fully saturated rings. The van der Waals surface area contributed by atoms with Crippen molar-refractivity contribution in [3.63, 3.8) is 0 Å². The third kappa shape index (κ3) is 15.8. The lowest BCUT2D eigenvalue weighted by atomic mass is 9.48. The quantitative estimate of drug-likeness (QED) is 0.0456. The summed E-state index contributed by atoms with van der Waals surface area (Å²) in [5, 5.41) is 25.0. The summed E-state index contributed by atoms with van der Waals surface area (Å²) in [6, 6.07) is 40.1. The lowest BCUT2D eigenvalue weighted by Gasteiger charge is -2.56. The van der Waals surface area contributed by atoms with E-state index in [1.54, 1.807) is 27.7 Å². The number of ketones is 7. The molecule has 134 heavy (non-hydrogen) atoms. The molecule has 0 aromatic heterocycles. The van der Waals surface area contributed by atoms with Gasteiger partial charge in [-0.15, -0.1) is 0 Å². The number of allylic oxidation sites excluding steroid dienone is 12. The van der Waals surface area contributed by atoms with Crippen molar-refractivity contribution in [2.24, 2.45) is 69.0 Å². The molecule has 8 saturated carbocycles. The second-order valence-electron chi connectivity index (χ2n) is 43.9. The van der Waals surface area contributed by atoms with Crippen molar-refractivity contribution in [3.8, 4) is 5.75 Å². The number of fused-ring (bicyclic) bond motifs is 17. The Kier molecular flexibility index (Phi) is 25.6. The zero-order valence-corrected chi connectivity index (χ0v) is 81.8. The first kappa shape index (κ1) is 95.3. The van der Waals surface area contributed by atoms with Gasteiger partial charge >= 0.3 is 17.9 Å². The number of nitrogen functional groups attached to an aromatic ring is 1. The maximum Gasteiger partial charge on any atom is 0.303 e. The van der Waals surface area contributed by atoms with Crippen LogP contribution >= 0.6 is 0 Å². The summed E-state index contributed by atoms with van der Waals surface area (Å²) < 4.78 is 17.9. The Morgan fingerprint density at radius 1 is 0.396 bits per heavy atom. The number of aliphatic hydroxyl groups is 1. The Hall–Kier alpha value is -10.4. The molecule has 20 rings (SSSR count). The highest BCUT2D eigenvalue weighted by molar-refractivity contribution is 5.96. The number of hydrogen-bond donors (Lipinski definition) is 4. The molecule has 0 radical (unpaired) electrons. The van der Waals surface area contributed by atoms with Gasteiger partial charge in [-0.1, -0.05) is 99.0 Å². The number of rotatable bonds is 14. The molecule has 19 nitrogen and oxygen atoms in total. The molecule has 15 aliphatic carbocycles. The zero-order chi connectivity index (χ0) is 95.8. The lowest BCUT2D eigenvalue weighted by molar-refractivity contribution is -0.184. The highest BCUT2D eigenvalue weighted by atomic mass is 16.6. The van der Waals surface area contributed by atoms with E-state index in [-0.39, 0.29) is 93.9 Å². The van der Waals surface area contributed by atoms with E-state index in [0.717, 1.165) is 145 Å². The van der Waals surface area contributed by atoms with Gasteiger partial charge in [0, 0.05) is 137 Å². The molecule has 0 saturated heterocycles. The van der Waals surface area contributed by atoms with Crippen LogP contribution in [-0.2, 0) is 68.6 Å². The number of ether oxygens (including phenoxy) is 3. The molecule has 5 aromatic rings. The Balaban J connectivity index is 0.000000124. The van der Waals surface area contributed by atoms with Gasteiger partial charge in [0.2, 0.25) is 0 Å². The first-order valence-electron chi connectivity index (χ1n) is 49.8. The van der Waals surface area contributed by atoms with Gasteiger partial charge in [-0.05, 0) is 380 Å². The van der Waals surface area contributed by atoms with E-state index in [9.17, 15) is 58.2 Å². The fourth-order valence-electron chi connectivity index (χ4n) is 31.3. The van der Waals surface area contributed by atoms with Crippen LogP contribution in [0.2, 0.25) is 0 Å². The van der Waals surface area contributed by atoms with Crippen molar-refractivity contribution in [1.29, 1.82) is 0 Å². The predicted octanol–water partition coefficient (Wildman–Crippen LogP) is 21.1. The number of nitrogens with one attached hydrogen (secondary N) is 1. The molecule has 21 atom stereocenters. The summed E-state index contributed by atoms with van der Waals surface area (Å²) in [6.45, 7) is 19.3. The molecule has 16 unspecified atom stereocenters. The number of Topliss-reactive ketones (excluding diaryl/α,β-unsaturated/α-hetero) is 4. The van der Waals surface area contributed by atoms with Crippen LogP contribution < -0.4 is 20.9 Å². The molecule has 0 aliphatic heterocycles. The highest BCUT2D eigenvalue weighted by Gasteiger charge is 2.72. The maximum atomic E-state index is 13.2. The number of phenols is 1. The van der Waals surface area contributed by atoms with E-state index in [2.05, 4.69) is 134 Å². The smallest absolute Gasteiger partial charge is 0.303 e. The lowest BCUT2D eigenvalue weighted by Crippen LogP contribution is -2.57. The van der Waals surface area contributed by atoms with E-state index in [1.807, 2.05) is 77.7 Å². The van der Waals surface area contributed by atoms with E-state index in [0.29, 0.717) is 92.1 Å². The molecule has 0 heterocycles. The number of aryl methyl sites for hydroxylation is 1. The molecule has 5 N–H and O–H groups in total. The van der Waals surface area contributed by atoms with Crippen LogP contribution in [0, 0.1) is 69.0 Å². The third-order valence-electron chi connectivity index (χ3n) is 37.3. The Morgan fingerprint density at radius 3 is 1.13 bits per heavy atom. The van der Waals surface area contributed by atoms with Gasteiger partial charge in [0.15, 0.2) is 57.3 Å². The van der Waals surface area contributed by atoms with Crippen LogP contribution in [0.4, 0.5) is 22.7 Å². The number of aromatic hydroxyl groups is 1. The monoisotopic (exact) mass is 1820 g/mol. The normalized spacial score (nSPS) is 34.8. The van der Waals surface area contributed by atoms with Crippen molar-refractivity contribution >= 4 is 81.1 Å². The van der Waals surface area contributed by atoms with Gasteiger partial charge in [-0.2, -0.15) is 0 Å². The van der Waals surface area contributed by atoms with E-state index >= 15 is 0 Å². The fourth-order valence-corrected chi connectivity index (χ4v) is 31.3. The third-order valence-corrected chi connectivity index (χ3v) is 37.3. The summed E-state index contributed by atoms with van der Waals surface area (Å²) >= 11 is 0. The van der Waals surface area contributed by atoms with Crippen molar-refractivity contribution in [2.75, 3.05) is 56.1 Å². The van der Waals surface area contributed by atoms with Gasteiger partial charge < -0.3 is 45.3 Å². The Labute approximate surface area is 791 Å². The zero-order valence-electron chi connectivity index (χ0n) is 81.8. The number of hydrogen-bond acceptors (Lipinski definition) is 19. The van der Waals surface area contributed by atoms with Gasteiger partial charge in [0.05, 0.1) is 0 Å². The standard InChI is InChI=1S/C30H37NO4.C29H35NO4.C28H33NO4.C28H35NO3/c1-18(32)30(35-19(2)33)15-14-27-25-12-8-21-16-23(34)11-13-24(21)28(25)26(17-29(27,30)3)20-6-9-22(10-7-20)31(4)5;1-17(31)29(34-18(2)32)14-13-26-24-11-7-20-15-22(33)10-12-23(20)27(24)25(16-28(26,29)3)19-5-8-21(30-4)9-6-19;1-16(30)28(33-17(2)31)13-12-25-23-10-6-19-14-21(32)9-11-22(19)26(23)24(15-27(25,28)3)18-4-7-20(29)8-5-18;1-17(30)28(32)14-13-25-23-11-7-19-15-21(31)10-12-22(19)26(23)24(16-27(25,28)2)18-5-8-20(9-6-18)29(3)4/h6-7,9-11,13,16,25-28,34H,8,12,14-15,17H2,1-5H3;5-6,8-9,15,24-26,30H,7,10-14,16H2,1-4H3;4-5,7-8,14,23-25H,6,9-13,15,29H2,1-3H3;5-6,8-9,15,23-25,32H,7,10-14,16H2,1-4H3/t25?,26?,27?,28?,29-,30?;24?,25?,26?,28-,29-;2*23?,24?,25?,27-,28?/m0000/s1. The minimum absolute atomic E-state index is 0.0287. The number of esters is 3. The number of nitrogens with zero attached hydrogens (tertiary/aromatic N) is 2. The van der Waals surface area contributed by atoms with E-state index < -0.39 is 44.1 Å². The SMILES string of the molecule is CC(=O)C1(O)CCC2C3CCC4=CC(=O)CCC4=C3C(c3ccc(N(C)C)cc3)C[C@@]21C.CC(=O)OC1(C(C)=O)CCC2C3CCC4=CC(=O)CCC4=C3C(c3ccc(N)cc3)C[C@@]21C.CC(=O)OC1(C(C)=O)CCC2C3CCc4cc(O)ccc4C3C(c3ccc(N(C)C)cc3)C[C@@]21C.CNc1ccc(C2C[C@@]3(C)C(CC[C@]3(OC(C)=O)C(C)=O)C3CCC4=CC(=O)CCC4=C23)cc1. The summed E-state index contributed by atoms with van der Waals surface area (Å²) in [5.41, 5.74) is 23.7. The molecule has 5 aromatic carbocycles. The number of phenolic OH excluding ortho intramolecular Hbond substituents is 1. The largest absolute Gasteiger partial charge is 0.508 e. The van der Waals surface area contributed by atoms with Gasteiger partial charge in [0.25, 0.3) is 0 Å². The Bertz CT molecular complexity index is 5810. The van der Waals surface area contributed by atoms with Crippen molar-refractivity contribution < 1.29 is 72.4 Å². The van der Waals surface area contributed by atoms with Gasteiger partial charge in [-0.25, -0.2) is 0 Å². The van der Waals surface area contributed by atoms with Crippen molar-refractivity contribution in [1.82, 2.24) is 0 Å². The van der Waals surface area contributed by atoms with Crippen LogP contribution in [-0.4, -0.2) is 126 Å². The van der Waals surface area contributed by atoms with Crippen molar-refractivity contribution in [2.45, 2.75) is 295 Å². The second-order valence-corrected chi connectivity index (χ2v) is 43.9. The number of nitrogens with two attached hydrogens (primary N) is 1. The first-order chi connectivity index (χ1) is 63.6. The van der Waals surface area contributed by atoms with Crippen LogP contribution in [0.1, 0.15) is 300 Å². The van der Waals surface area contributed by atoms with E-state index in [4.69, 9.17) is 19.9 Å². The molecule has 0 amide bonds.